The van der Waals surface area contributed by atoms with Crippen molar-refractivity contribution in [2.75, 3.05) is 39.6 Å². The molecule has 0 aliphatic rings. The van der Waals surface area contributed by atoms with Crippen LogP contribution in [0, 0.1) is 23.7 Å². The van der Waals surface area contributed by atoms with Crippen molar-refractivity contribution < 1.29 is 80.2 Å². The molecule has 0 saturated carbocycles. The van der Waals surface area contributed by atoms with Crippen LogP contribution in [0.5, 0.6) is 0 Å². The molecule has 0 aromatic rings. The van der Waals surface area contributed by atoms with Gasteiger partial charge < -0.3 is 33.8 Å². The summed E-state index contributed by atoms with van der Waals surface area (Å²) in [5.74, 6) is 0.953. The van der Waals surface area contributed by atoms with Crippen LogP contribution in [0.25, 0.3) is 0 Å². The molecule has 19 heteroatoms. The lowest BCUT2D eigenvalue weighted by Gasteiger charge is -2.21. The largest absolute Gasteiger partial charge is 0.472 e. The van der Waals surface area contributed by atoms with Crippen LogP contribution in [0.1, 0.15) is 409 Å². The molecular formula is C80H156O17P2. The van der Waals surface area contributed by atoms with E-state index in [1.165, 1.54) is 205 Å². The van der Waals surface area contributed by atoms with E-state index < -0.39 is 97.5 Å². The first-order valence-corrected chi connectivity index (χ1v) is 44.2. The topological polar surface area (TPSA) is 237 Å². The highest BCUT2D eigenvalue weighted by Crippen LogP contribution is 2.45. The number of esters is 4. The number of carbonyl (C=O) groups is 4. The predicted octanol–water partition coefficient (Wildman–Crippen LogP) is 23.6. The van der Waals surface area contributed by atoms with Gasteiger partial charge in [-0.1, -0.05) is 357 Å². The third kappa shape index (κ3) is 72.8. The second-order valence-electron chi connectivity index (χ2n) is 30.5. The standard InChI is InChI=1S/C80H156O17P2/c1-9-73(8)59-51-43-34-27-23-19-14-12-10-11-13-15-20-24-28-36-46-54-63-80(85)97-76(67-91-78(83)61-53-45-39-38-42-50-58-72(6)7)69-95-99(88,89)93-65-74(81)64-92-98(86,87)94-68-75(66-90-77(82)60-52-44-35-31-30-33-41-49-57-71(4)5)96-79(84)62-55-47-37-29-25-21-17-16-18-22-26-32-40-48-56-70(2)3/h70-76,81H,9-69H2,1-8H3,(H,86,87)(H,88,89)/t73?,74-,75-,76-/m1/s1. The summed E-state index contributed by atoms with van der Waals surface area (Å²) in [5, 5.41) is 10.6. The van der Waals surface area contributed by atoms with E-state index in [0.717, 1.165) is 114 Å². The molecule has 99 heavy (non-hydrogen) atoms. The number of ether oxygens (including phenoxy) is 4. The van der Waals surface area contributed by atoms with Gasteiger partial charge in [-0.15, -0.1) is 0 Å². The number of carbonyl (C=O) groups excluding carboxylic acids is 4. The zero-order valence-electron chi connectivity index (χ0n) is 65.1. The molecule has 6 atom stereocenters. The number of rotatable bonds is 77. The van der Waals surface area contributed by atoms with Gasteiger partial charge in [0.15, 0.2) is 12.2 Å². The van der Waals surface area contributed by atoms with Gasteiger partial charge in [0.05, 0.1) is 26.4 Å². The van der Waals surface area contributed by atoms with Crippen molar-refractivity contribution in [1.29, 1.82) is 0 Å². The van der Waals surface area contributed by atoms with Gasteiger partial charge in [-0.05, 0) is 49.4 Å². The molecule has 0 aliphatic heterocycles. The van der Waals surface area contributed by atoms with Crippen LogP contribution in [0.4, 0.5) is 0 Å². The molecule has 0 bridgehead atoms. The van der Waals surface area contributed by atoms with Crippen LogP contribution < -0.4 is 0 Å². The Morgan fingerprint density at radius 2 is 0.485 bits per heavy atom. The Labute approximate surface area is 607 Å². The Balaban J connectivity index is 5.16. The fraction of sp³-hybridized carbons (Fsp3) is 0.950. The van der Waals surface area contributed by atoms with E-state index in [1.807, 2.05) is 0 Å². The lowest BCUT2D eigenvalue weighted by Crippen LogP contribution is -2.30. The first kappa shape index (κ1) is 97.1. The van der Waals surface area contributed by atoms with Crippen LogP contribution >= 0.6 is 15.6 Å². The minimum atomic E-state index is -4.96. The summed E-state index contributed by atoms with van der Waals surface area (Å²) in [6, 6.07) is 0. The summed E-state index contributed by atoms with van der Waals surface area (Å²) in [6.07, 6.45) is 55.8. The summed E-state index contributed by atoms with van der Waals surface area (Å²) in [7, 11) is -9.92. The summed E-state index contributed by atoms with van der Waals surface area (Å²) >= 11 is 0. The molecular weight excluding hydrogens is 1290 g/mol. The lowest BCUT2D eigenvalue weighted by atomic mass is 9.99. The average Bonchev–Trinajstić information content (AvgIpc) is 1.04. The van der Waals surface area contributed by atoms with Gasteiger partial charge in [0.25, 0.3) is 0 Å². The zero-order valence-corrected chi connectivity index (χ0v) is 66.9. The van der Waals surface area contributed by atoms with Gasteiger partial charge in [0.2, 0.25) is 0 Å². The number of phosphoric acid groups is 2. The van der Waals surface area contributed by atoms with Gasteiger partial charge in [-0.25, -0.2) is 9.13 Å². The van der Waals surface area contributed by atoms with Crippen molar-refractivity contribution >= 4 is 39.5 Å². The molecule has 0 aromatic heterocycles. The Morgan fingerprint density at radius 1 is 0.283 bits per heavy atom. The van der Waals surface area contributed by atoms with Gasteiger partial charge in [0.1, 0.15) is 19.3 Å². The average molecular weight is 1450 g/mol. The molecule has 3 unspecified atom stereocenters. The van der Waals surface area contributed by atoms with Crippen LogP contribution in [-0.2, 0) is 65.4 Å². The summed E-state index contributed by atoms with van der Waals surface area (Å²) in [4.78, 5) is 72.9. The summed E-state index contributed by atoms with van der Waals surface area (Å²) < 4.78 is 68.6. The molecule has 0 fully saturated rings. The molecule has 0 radical (unpaired) electrons. The first-order chi connectivity index (χ1) is 47.6. The van der Waals surface area contributed by atoms with Gasteiger partial charge in [0, 0.05) is 25.7 Å². The third-order valence-electron chi connectivity index (χ3n) is 18.9. The van der Waals surface area contributed by atoms with Crippen LogP contribution in [0.15, 0.2) is 0 Å². The van der Waals surface area contributed by atoms with E-state index in [-0.39, 0.29) is 25.7 Å². The van der Waals surface area contributed by atoms with Crippen LogP contribution in [0.2, 0.25) is 0 Å². The summed E-state index contributed by atoms with van der Waals surface area (Å²) in [6.45, 7) is 14.2. The van der Waals surface area contributed by atoms with Crippen molar-refractivity contribution in [3.05, 3.63) is 0 Å². The number of phosphoric ester groups is 2. The molecule has 0 saturated heterocycles. The molecule has 0 rings (SSSR count). The highest BCUT2D eigenvalue weighted by atomic mass is 31.2. The molecule has 0 amide bonds. The molecule has 0 aliphatic carbocycles. The SMILES string of the molecule is CCC(C)CCCCCCCCCCCCCCCCCCCCC(=O)O[C@H](COC(=O)CCCCCCCCC(C)C)COP(=O)(O)OC[C@H](O)COP(=O)(O)OC[C@@H](COC(=O)CCCCCCCCCCC(C)C)OC(=O)CCCCCCCCCCCCCCCCC(C)C. The summed E-state index contributed by atoms with van der Waals surface area (Å²) in [5.41, 5.74) is 0. The second kappa shape index (κ2) is 69.1. The molecule has 0 aromatic carbocycles. The smallest absolute Gasteiger partial charge is 0.462 e. The fourth-order valence-corrected chi connectivity index (χ4v) is 13.8. The van der Waals surface area contributed by atoms with E-state index in [4.69, 9.17) is 37.0 Å². The minimum Gasteiger partial charge on any atom is -0.462 e. The highest BCUT2D eigenvalue weighted by molar-refractivity contribution is 7.47. The Hall–Kier alpha value is -1.94. The van der Waals surface area contributed by atoms with Crippen molar-refractivity contribution in [2.45, 2.75) is 427 Å². The Bertz CT molecular complexity index is 1940. The number of aliphatic hydroxyl groups is 1. The highest BCUT2D eigenvalue weighted by Gasteiger charge is 2.30. The molecule has 17 nitrogen and oxygen atoms in total. The monoisotopic (exact) mass is 1450 g/mol. The quantitative estimate of drug-likeness (QED) is 0.0222. The molecule has 0 spiro atoms. The van der Waals surface area contributed by atoms with E-state index in [0.29, 0.717) is 31.6 Å². The van der Waals surface area contributed by atoms with E-state index in [2.05, 4.69) is 55.4 Å². The van der Waals surface area contributed by atoms with E-state index in [9.17, 15) is 43.2 Å². The normalized spacial score (nSPS) is 14.3. The van der Waals surface area contributed by atoms with Gasteiger partial charge >= 0.3 is 39.5 Å². The number of hydrogen-bond acceptors (Lipinski definition) is 15. The van der Waals surface area contributed by atoms with Crippen LogP contribution in [0.3, 0.4) is 0 Å². The maximum absolute atomic E-state index is 13.1. The Kier molecular flexibility index (Phi) is 67.8. The predicted molar refractivity (Wildman–Crippen MR) is 404 cm³/mol. The maximum Gasteiger partial charge on any atom is 0.472 e. The lowest BCUT2D eigenvalue weighted by molar-refractivity contribution is -0.161. The first-order valence-electron chi connectivity index (χ1n) is 41.2. The van der Waals surface area contributed by atoms with Crippen molar-refractivity contribution in [3.8, 4) is 0 Å². The van der Waals surface area contributed by atoms with E-state index >= 15 is 0 Å². The number of unbranched alkanes of at least 4 members (excludes halogenated alkanes) is 42. The second-order valence-corrected chi connectivity index (χ2v) is 33.4. The van der Waals surface area contributed by atoms with E-state index in [1.54, 1.807) is 0 Å². The van der Waals surface area contributed by atoms with Crippen LogP contribution in [-0.4, -0.2) is 96.7 Å². The van der Waals surface area contributed by atoms with Crippen molar-refractivity contribution in [2.24, 2.45) is 23.7 Å². The van der Waals surface area contributed by atoms with Crippen molar-refractivity contribution in [1.82, 2.24) is 0 Å². The molecule has 588 valence electrons. The zero-order chi connectivity index (χ0) is 73.1. The number of hydrogen-bond donors (Lipinski definition) is 3. The number of aliphatic hydroxyl groups excluding tert-OH is 1. The molecule has 0 heterocycles. The third-order valence-corrected chi connectivity index (χ3v) is 20.8. The van der Waals surface area contributed by atoms with Gasteiger partial charge in [-0.2, -0.15) is 0 Å². The molecule has 3 N–H and O–H groups in total. The van der Waals surface area contributed by atoms with Gasteiger partial charge in [-0.3, -0.25) is 37.3 Å². The van der Waals surface area contributed by atoms with Crippen molar-refractivity contribution in [3.63, 3.8) is 0 Å². The minimum absolute atomic E-state index is 0.106. The fourth-order valence-electron chi connectivity index (χ4n) is 12.2. The maximum atomic E-state index is 13.1. The Morgan fingerprint density at radius 3 is 0.717 bits per heavy atom.